The van der Waals surface area contributed by atoms with Crippen molar-refractivity contribution in [3.8, 4) is 0 Å². The second kappa shape index (κ2) is 7.28. The number of hydrogen-bond acceptors (Lipinski definition) is 3. The Labute approximate surface area is 130 Å². The molecule has 1 aromatic carbocycles. The Bertz CT molecular complexity index is 452. The molecule has 1 unspecified atom stereocenters. The standard InChI is InChI=1S/C18H31N3/c1-6-21(15(3)13-20(4)5)18-10-7-16(11-14(18)2)12-19-17-8-9-17/h7,10-11,15,17,19H,6,8-9,12-13H2,1-5H3. The highest BCUT2D eigenvalue weighted by Gasteiger charge is 2.20. The van der Waals surface area contributed by atoms with Crippen LogP contribution in [0, 0.1) is 6.92 Å². The summed E-state index contributed by atoms with van der Waals surface area (Å²) in [5.74, 6) is 0. The van der Waals surface area contributed by atoms with E-state index in [2.05, 4.69) is 68.2 Å². The van der Waals surface area contributed by atoms with Crippen molar-refractivity contribution in [3.63, 3.8) is 0 Å². The number of hydrogen-bond donors (Lipinski definition) is 1. The van der Waals surface area contributed by atoms with E-state index in [-0.39, 0.29) is 0 Å². The highest BCUT2D eigenvalue weighted by Crippen LogP contribution is 2.24. The fraction of sp³-hybridized carbons (Fsp3) is 0.667. The largest absolute Gasteiger partial charge is 0.368 e. The average Bonchev–Trinajstić information content (AvgIpc) is 3.22. The third-order valence-corrected chi connectivity index (χ3v) is 4.24. The molecule has 21 heavy (non-hydrogen) atoms. The van der Waals surface area contributed by atoms with Crippen molar-refractivity contribution in [1.29, 1.82) is 0 Å². The molecule has 1 saturated carbocycles. The summed E-state index contributed by atoms with van der Waals surface area (Å²) < 4.78 is 0. The minimum atomic E-state index is 0.527. The first kappa shape index (κ1) is 16.3. The van der Waals surface area contributed by atoms with E-state index < -0.39 is 0 Å². The summed E-state index contributed by atoms with van der Waals surface area (Å²) in [6.45, 7) is 9.93. The number of benzene rings is 1. The minimum Gasteiger partial charge on any atom is -0.368 e. The normalized spacial score (nSPS) is 16.3. The Morgan fingerprint density at radius 2 is 2.00 bits per heavy atom. The fourth-order valence-corrected chi connectivity index (χ4v) is 3.05. The van der Waals surface area contributed by atoms with Gasteiger partial charge in [-0.15, -0.1) is 0 Å². The SMILES string of the molecule is CCN(c1ccc(CNC2CC2)cc1C)C(C)CN(C)C. The molecule has 0 radical (unpaired) electrons. The zero-order valence-electron chi connectivity index (χ0n) is 14.3. The lowest BCUT2D eigenvalue weighted by Crippen LogP contribution is -2.40. The van der Waals surface area contributed by atoms with E-state index in [1.165, 1.54) is 29.7 Å². The molecule has 1 aromatic rings. The topological polar surface area (TPSA) is 18.5 Å². The monoisotopic (exact) mass is 289 g/mol. The number of nitrogens with zero attached hydrogens (tertiary/aromatic N) is 2. The van der Waals surface area contributed by atoms with Gasteiger partial charge in [-0.05, 0) is 64.9 Å². The van der Waals surface area contributed by atoms with Crippen molar-refractivity contribution in [3.05, 3.63) is 29.3 Å². The van der Waals surface area contributed by atoms with Crippen molar-refractivity contribution in [2.75, 3.05) is 32.1 Å². The predicted octanol–water partition coefficient (Wildman–Crippen LogP) is 3.02. The van der Waals surface area contributed by atoms with Crippen LogP contribution in [0.4, 0.5) is 5.69 Å². The van der Waals surface area contributed by atoms with Gasteiger partial charge in [-0.1, -0.05) is 12.1 Å². The van der Waals surface area contributed by atoms with Gasteiger partial charge < -0.3 is 15.1 Å². The molecule has 1 N–H and O–H groups in total. The minimum absolute atomic E-state index is 0.527. The Hall–Kier alpha value is -1.06. The third kappa shape index (κ3) is 4.72. The highest BCUT2D eigenvalue weighted by atomic mass is 15.2. The quantitative estimate of drug-likeness (QED) is 0.793. The molecule has 1 atom stereocenters. The molecule has 1 aliphatic rings. The van der Waals surface area contributed by atoms with E-state index in [0.29, 0.717) is 6.04 Å². The van der Waals surface area contributed by atoms with Gasteiger partial charge in [0.15, 0.2) is 0 Å². The van der Waals surface area contributed by atoms with Gasteiger partial charge in [0.05, 0.1) is 0 Å². The van der Waals surface area contributed by atoms with Gasteiger partial charge in [-0.3, -0.25) is 0 Å². The van der Waals surface area contributed by atoms with Gasteiger partial charge in [0.1, 0.15) is 0 Å². The van der Waals surface area contributed by atoms with E-state index in [4.69, 9.17) is 0 Å². The van der Waals surface area contributed by atoms with Gasteiger partial charge in [-0.2, -0.15) is 0 Å². The van der Waals surface area contributed by atoms with E-state index in [9.17, 15) is 0 Å². The molecular formula is C18H31N3. The van der Waals surface area contributed by atoms with E-state index >= 15 is 0 Å². The van der Waals surface area contributed by atoms with Crippen molar-refractivity contribution in [2.24, 2.45) is 0 Å². The number of anilines is 1. The molecule has 1 aliphatic carbocycles. The second-order valence-corrected chi connectivity index (χ2v) is 6.67. The molecule has 0 spiro atoms. The zero-order valence-corrected chi connectivity index (χ0v) is 14.3. The van der Waals surface area contributed by atoms with Crippen LogP contribution >= 0.6 is 0 Å². The summed E-state index contributed by atoms with van der Waals surface area (Å²) in [6.07, 6.45) is 2.70. The molecule has 3 nitrogen and oxygen atoms in total. The van der Waals surface area contributed by atoms with Crippen LogP contribution in [0.15, 0.2) is 18.2 Å². The summed E-state index contributed by atoms with van der Waals surface area (Å²) in [4.78, 5) is 4.77. The van der Waals surface area contributed by atoms with Crippen LogP contribution in [0.2, 0.25) is 0 Å². The first-order valence-electron chi connectivity index (χ1n) is 8.25. The number of likely N-dealkylation sites (N-methyl/N-ethyl adjacent to an activating group) is 2. The molecule has 0 saturated heterocycles. The van der Waals surface area contributed by atoms with Crippen molar-refractivity contribution < 1.29 is 0 Å². The Kier molecular flexibility index (Phi) is 5.65. The molecular weight excluding hydrogens is 258 g/mol. The van der Waals surface area contributed by atoms with E-state index in [0.717, 1.165) is 25.7 Å². The molecule has 0 aromatic heterocycles. The smallest absolute Gasteiger partial charge is 0.0398 e. The first-order valence-corrected chi connectivity index (χ1v) is 8.25. The van der Waals surface area contributed by atoms with Crippen molar-refractivity contribution in [1.82, 2.24) is 10.2 Å². The van der Waals surface area contributed by atoms with Gasteiger partial charge >= 0.3 is 0 Å². The zero-order chi connectivity index (χ0) is 15.4. The molecule has 0 heterocycles. The summed E-state index contributed by atoms with van der Waals surface area (Å²) in [5.41, 5.74) is 4.17. The number of aryl methyl sites for hydroxylation is 1. The van der Waals surface area contributed by atoms with Gasteiger partial charge in [-0.25, -0.2) is 0 Å². The van der Waals surface area contributed by atoms with Gasteiger partial charge in [0.25, 0.3) is 0 Å². The molecule has 0 bridgehead atoms. The maximum atomic E-state index is 3.59. The van der Waals surface area contributed by atoms with Gasteiger partial charge in [0, 0.05) is 37.4 Å². The van der Waals surface area contributed by atoms with E-state index in [1.54, 1.807) is 0 Å². The number of rotatable bonds is 8. The lowest BCUT2D eigenvalue weighted by molar-refractivity contribution is 0.373. The summed E-state index contributed by atoms with van der Waals surface area (Å²) >= 11 is 0. The Morgan fingerprint density at radius 3 is 2.52 bits per heavy atom. The number of nitrogens with one attached hydrogen (secondary N) is 1. The molecule has 118 valence electrons. The lowest BCUT2D eigenvalue weighted by Gasteiger charge is -2.33. The summed E-state index contributed by atoms with van der Waals surface area (Å²) in [6, 6.07) is 8.23. The molecule has 0 aliphatic heterocycles. The Morgan fingerprint density at radius 1 is 1.29 bits per heavy atom. The third-order valence-electron chi connectivity index (χ3n) is 4.24. The van der Waals surface area contributed by atoms with Crippen LogP contribution in [0.1, 0.15) is 37.8 Å². The Balaban J connectivity index is 2.05. The van der Waals surface area contributed by atoms with Crippen LogP contribution in [-0.2, 0) is 6.54 Å². The molecule has 1 fully saturated rings. The van der Waals surface area contributed by atoms with Crippen LogP contribution < -0.4 is 10.2 Å². The maximum Gasteiger partial charge on any atom is 0.0398 e. The summed E-state index contributed by atoms with van der Waals surface area (Å²) in [7, 11) is 4.29. The predicted molar refractivity (Wildman–Crippen MR) is 92.1 cm³/mol. The summed E-state index contributed by atoms with van der Waals surface area (Å²) in [5, 5.41) is 3.59. The van der Waals surface area contributed by atoms with Crippen molar-refractivity contribution >= 4 is 5.69 Å². The average molecular weight is 289 g/mol. The van der Waals surface area contributed by atoms with Crippen molar-refractivity contribution in [2.45, 2.75) is 52.2 Å². The first-order chi connectivity index (χ1) is 10.0. The lowest BCUT2D eigenvalue weighted by atomic mass is 10.1. The maximum absolute atomic E-state index is 3.59. The fourth-order valence-electron chi connectivity index (χ4n) is 3.05. The second-order valence-electron chi connectivity index (χ2n) is 6.67. The van der Waals surface area contributed by atoms with Gasteiger partial charge in [0.2, 0.25) is 0 Å². The molecule has 3 heteroatoms. The highest BCUT2D eigenvalue weighted by molar-refractivity contribution is 5.55. The van der Waals surface area contributed by atoms with Crippen LogP contribution in [0.3, 0.4) is 0 Å². The molecule has 2 rings (SSSR count). The molecule has 0 amide bonds. The van der Waals surface area contributed by atoms with Crippen LogP contribution in [-0.4, -0.2) is 44.2 Å². The van der Waals surface area contributed by atoms with E-state index in [1.807, 2.05) is 0 Å². The van der Waals surface area contributed by atoms with Crippen LogP contribution in [0.25, 0.3) is 0 Å². The van der Waals surface area contributed by atoms with Crippen LogP contribution in [0.5, 0.6) is 0 Å².